The number of hydrogen-bond donors (Lipinski definition) is 1. The SMILES string of the molecule is COc1ccc(CC(=O)Nc2ccc(C(=O)C3C[N+]3(C)[C@H](C=O)Cc3ccccc3)cc2)cc1. The van der Waals surface area contributed by atoms with Crippen molar-refractivity contribution in [2.24, 2.45) is 0 Å². The number of amides is 1. The van der Waals surface area contributed by atoms with Gasteiger partial charge in [0.25, 0.3) is 0 Å². The molecule has 0 spiro atoms. The van der Waals surface area contributed by atoms with Gasteiger partial charge in [-0.15, -0.1) is 0 Å². The number of nitrogens with one attached hydrogen (secondary N) is 1. The summed E-state index contributed by atoms with van der Waals surface area (Å²) < 4.78 is 5.56. The van der Waals surface area contributed by atoms with Crippen molar-refractivity contribution in [2.45, 2.75) is 24.9 Å². The third-order valence-electron chi connectivity index (χ3n) is 6.63. The summed E-state index contributed by atoms with van der Waals surface area (Å²) in [6.07, 6.45) is 1.84. The van der Waals surface area contributed by atoms with E-state index >= 15 is 0 Å². The molecule has 1 fully saturated rings. The van der Waals surface area contributed by atoms with Crippen LogP contribution in [-0.2, 0) is 22.4 Å². The first-order chi connectivity index (χ1) is 16.4. The van der Waals surface area contributed by atoms with E-state index in [1.165, 1.54) is 0 Å². The van der Waals surface area contributed by atoms with Gasteiger partial charge in [-0.25, -0.2) is 0 Å². The standard InChI is InChI=1S/C28H28N2O4/c1-30(24(19-31)16-20-6-4-3-5-7-20)18-26(30)28(33)22-10-12-23(13-11-22)29-27(32)17-21-8-14-25(34-2)15-9-21/h3-15,19,24,26H,16-18H2,1-2H3/p+1/t24-,26?,30?/m0/s1. The molecule has 6 heteroatoms. The Labute approximate surface area is 199 Å². The molecule has 34 heavy (non-hydrogen) atoms. The van der Waals surface area contributed by atoms with Crippen molar-refractivity contribution in [3.05, 3.63) is 95.6 Å². The molecule has 0 aromatic heterocycles. The van der Waals surface area contributed by atoms with Crippen LogP contribution in [0.4, 0.5) is 5.69 Å². The highest BCUT2D eigenvalue weighted by molar-refractivity contribution is 6.01. The number of ether oxygens (including phenoxy) is 1. The van der Waals surface area contributed by atoms with Crippen LogP contribution < -0.4 is 10.1 Å². The van der Waals surface area contributed by atoms with Crippen molar-refractivity contribution in [1.29, 1.82) is 0 Å². The van der Waals surface area contributed by atoms with Crippen LogP contribution in [0.3, 0.4) is 0 Å². The highest BCUT2D eigenvalue weighted by Crippen LogP contribution is 2.35. The third kappa shape index (κ3) is 5.24. The van der Waals surface area contributed by atoms with E-state index < -0.39 is 0 Å². The molecular formula is C28H29N2O4+. The van der Waals surface area contributed by atoms with Gasteiger partial charge in [0.05, 0.1) is 20.6 Å². The maximum Gasteiger partial charge on any atom is 0.228 e. The van der Waals surface area contributed by atoms with Crippen LogP contribution >= 0.6 is 0 Å². The highest BCUT2D eigenvalue weighted by Gasteiger charge is 2.60. The van der Waals surface area contributed by atoms with E-state index in [0.717, 1.165) is 23.2 Å². The molecule has 1 aliphatic rings. The number of methoxy groups -OCH3 is 1. The maximum absolute atomic E-state index is 13.1. The van der Waals surface area contributed by atoms with Crippen LogP contribution in [0.15, 0.2) is 78.9 Å². The molecule has 1 heterocycles. The number of aldehydes is 1. The van der Waals surface area contributed by atoms with Gasteiger partial charge >= 0.3 is 0 Å². The van der Waals surface area contributed by atoms with Crippen molar-refractivity contribution in [3.63, 3.8) is 0 Å². The molecule has 1 aliphatic heterocycles. The number of carbonyl (C=O) groups is 3. The Morgan fingerprint density at radius 1 is 1.00 bits per heavy atom. The van der Waals surface area contributed by atoms with E-state index in [9.17, 15) is 14.4 Å². The lowest BCUT2D eigenvalue weighted by Crippen LogP contribution is -2.41. The molecule has 3 atom stereocenters. The normalized spacial score (nSPS) is 19.6. The lowest BCUT2D eigenvalue weighted by molar-refractivity contribution is -0.802. The first-order valence-corrected chi connectivity index (χ1v) is 11.3. The molecule has 0 bridgehead atoms. The van der Waals surface area contributed by atoms with Crippen LogP contribution in [0.2, 0.25) is 0 Å². The number of Topliss-reactive ketones (excluding diaryl/α,β-unsaturated/α-hetero) is 1. The van der Waals surface area contributed by atoms with Crippen molar-refractivity contribution < 1.29 is 23.6 Å². The molecule has 2 unspecified atom stereocenters. The number of benzene rings is 3. The highest BCUT2D eigenvalue weighted by atomic mass is 16.5. The Kier molecular flexibility index (Phi) is 6.89. The minimum atomic E-state index is -0.257. The summed E-state index contributed by atoms with van der Waals surface area (Å²) in [5.41, 5.74) is 3.20. The summed E-state index contributed by atoms with van der Waals surface area (Å²) in [6.45, 7) is 0.648. The van der Waals surface area contributed by atoms with Gasteiger partial charge in [-0.05, 0) is 47.5 Å². The topological polar surface area (TPSA) is 72.5 Å². The number of anilines is 1. The first-order valence-electron chi connectivity index (χ1n) is 11.3. The van der Waals surface area contributed by atoms with Crippen LogP contribution in [0.25, 0.3) is 0 Å². The van der Waals surface area contributed by atoms with E-state index in [0.29, 0.717) is 28.7 Å². The second-order valence-corrected chi connectivity index (χ2v) is 8.95. The number of carbonyl (C=O) groups excluding carboxylic acids is 3. The molecule has 3 aromatic rings. The Hall–Kier alpha value is -3.77. The summed E-state index contributed by atoms with van der Waals surface area (Å²) in [5, 5.41) is 2.87. The average molecular weight is 458 g/mol. The van der Waals surface area contributed by atoms with Crippen molar-refractivity contribution in [3.8, 4) is 5.75 Å². The second-order valence-electron chi connectivity index (χ2n) is 8.95. The number of quaternary nitrogens is 1. The van der Waals surface area contributed by atoms with Crippen molar-refractivity contribution >= 4 is 23.7 Å². The smallest absolute Gasteiger partial charge is 0.228 e. The summed E-state index contributed by atoms with van der Waals surface area (Å²) >= 11 is 0. The predicted octanol–water partition coefficient (Wildman–Crippen LogP) is 3.70. The van der Waals surface area contributed by atoms with Gasteiger partial charge in [0, 0.05) is 17.7 Å². The quantitative estimate of drug-likeness (QED) is 0.218. The maximum atomic E-state index is 13.1. The van der Waals surface area contributed by atoms with Crippen molar-refractivity contribution in [2.75, 3.05) is 26.0 Å². The third-order valence-corrected chi connectivity index (χ3v) is 6.63. The van der Waals surface area contributed by atoms with E-state index in [1.807, 2.05) is 61.6 Å². The summed E-state index contributed by atoms with van der Waals surface area (Å²) in [5.74, 6) is 0.637. The number of nitrogens with zero attached hydrogens (tertiary/aromatic N) is 1. The fraction of sp³-hybridized carbons (Fsp3) is 0.250. The summed E-state index contributed by atoms with van der Waals surface area (Å²) in [6, 6.07) is 23.7. The van der Waals surface area contributed by atoms with Crippen LogP contribution in [-0.4, -0.2) is 55.2 Å². The molecule has 174 valence electrons. The fourth-order valence-corrected chi connectivity index (χ4v) is 4.34. The van der Waals surface area contributed by atoms with E-state index in [-0.39, 0.29) is 30.2 Å². The molecule has 0 saturated carbocycles. The van der Waals surface area contributed by atoms with Gasteiger partial charge in [0.1, 0.15) is 18.3 Å². The molecule has 0 aliphatic carbocycles. The molecule has 1 N–H and O–H groups in total. The molecule has 1 saturated heterocycles. The van der Waals surface area contributed by atoms with E-state index in [2.05, 4.69) is 5.32 Å². The summed E-state index contributed by atoms with van der Waals surface area (Å²) in [7, 11) is 3.57. The molecule has 6 nitrogen and oxygen atoms in total. The molecule has 1 amide bonds. The van der Waals surface area contributed by atoms with Gasteiger partial charge in [0.2, 0.25) is 17.7 Å². The minimum Gasteiger partial charge on any atom is -0.497 e. The number of ketones is 1. The minimum absolute atomic E-state index is 0.0264. The largest absolute Gasteiger partial charge is 0.497 e. The van der Waals surface area contributed by atoms with Crippen molar-refractivity contribution in [1.82, 2.24) is 0 Å². The first kappa shape index (κ1) is 23.4. The van der Waals surface area contributed by atoms with Crippen LogP contribution in [0.5, 0.6) is 5.75 Å². The van der Waals surface area contributed by atoms with Gasteiger partial charge in [-0.3, -0.25) is 18.9 Å². The molecule has 4 rings (SSSR count). The number of likely N-dealkylation sites (N-methyl/N-ethyl adjacent to an activating group) is 1. The zero-order valence-electron chi connectivity index (χ0n) is 19.4. The Morgan fingerprint density at radius 3 is 2.29 bits per heavy atom. The van der Waals surface area contributed by atoms with Gasteiger partial charge in [-0.2, -0.15) is 0 Å². The average Bonchev–Trinajstić information content (AvgIpc) is 3.56. The molecule has 3 aromatic carbocycles. The Balaban J connectivity index is 1.34. The van der Waals surface area contributed by atoms with E-state index in [1.54, 1.807) is 31.4 Å². The molecule has 0 radical (unpaired) electrons. The van der Waals surface area contributed by atoms with Crippen LogP contribution in [0, 0.1) is 0 Å². The van der Waals surface area contributed by atoms with Gasteiger partial charge < -0.3 is 10.1 Å². The molecular weight excluding hydrogens is 428 g/mol. The second kappa shape index (κ2) is 10.0. The van der Waals surface area contributed by atoms with Crippen LogP contribution in [0.1, 0.15) is 21.5 Å². The predicted molar refractivity (Wildman–Crippen MR) is 131 cm³/mol. The number of hydrogen-bond acceptors (Lipinski definition) is 4. The lowest BCUT2D eigenvalue weighted by atomic mass is 10.0. The zero-order valence-corrected chi connectivity index (χ0v) is 19.4. The number of rotatable bonds is 10. The Morgan fingerprint density at radius 2 is 1.68 bits per heavy atom. The monoisotopic (exact) mass is 457 g/mol. The Bertz CT molecular complexity index is 1160. The fourth-order valence-electron chi connectivity index (χ4n) is 4.34. The van der Waals surface area contributed by atoms with E-state index in [4.69, 9.17) is 4.74 Å². The summed E-state index contributed by atoms with van der Waals surface area (Å²) in [4.78, 5) is 37.3. The zero-order chi connectivity index (χ0) is 24.1. The van der Waals surface area contributed by atoms with Gasteiger partial charge in [-0.1, -0.05) is 42.5 Å². The lowest BCUT2D eigenvalue weighted by Gasteiger charge is -2.21. The van der Waals surface area contributed by atoms with Gasteiger partial charge in [0.15, 0.2) is 6.29 Å².